The van der Waals surface area contributed by atoms with Crippen LogP contribution in [-0.2, 0) is 4.74 Å². The largest absolute Gasteiger partial charge is 0.765 e. The van der Waals surface area contributed by atoms with Gasteiger partial charge in [-0.15, -0.1) is 0 Å². The summed E-state index contributed by atoms with van der Waals surface area (Å²) in [7, 11) is 0. The Bertz CT molecular complexity index is 103. The summed E-state index contributed by atoms with van der Waals surface area (Å²) in [5.74, 6) is 0. The summed E-state index contributed by atoms with van der Waals surface area (Å²) in [5.41, 5.74) is 1.88. The number of nitrogens with zero attached hydrogens (tertiary/aromatic N) is 1. The molecule has 46 valence electrons. The molecular formula is C3H5N2O3-. The summed E-state index contributed by atoms with van der Waals surface area (Å²) in [6, 6.07) is 0. The van der Waals surface area contributed by atoms with Gasteiger partial charge in [0.15, 0.2) is 6.23 Å². The Morgan fingerprint density at radius 2 is 2.62 bits per heavy atom. The number of hydrazine groups is 1. The maximum Gasteiger partial charge on any atom is 0.422 e. The molecule has 0 aromatic heterocycles. The van der Waals surface area contributed by atoms with Crippen molar-refractivity contribution >= 4 is 6.09 Å². The lowest BCUT2D eigenvalue weighted by Crippen LogP contribution is -2.30. The van der Waals surface area contributed by atoms with Crippen molar-refractivity contribution in [1.29, 1.82) is 0 Å². The average molecular weight is 117 g/mol. The number of cyclic esters (lactones) is 1. The van der Waals surface area contributed by atoms with Crippen LogP contribution in [0.2, 0.25) is 0 Å². The van der Waals surface area contributed by atoms with Crippen LogP contribution in [0.1, 0.15) is 6.92 Å². The normalized spacial score (nSPS) is 29.8. The first kappa shape index (κ1) is 5.33. The molecule has 1 saturated heterocycles. The Hall–Kier alpha value is -0.810. The third kappa shape index (κ3) is 0.728. The predicted molar refractivity (Wildman–Crippen MR) is 24.3 cm³/mol. The fraction of sp³-hybridized carbons (Fsp3) is 0.667. The summed E-state index contributed by atoms with van der Waals surface area (Å²) in [6.45, 7) is 1.48. The van der Waals surface area contributed by atoms with Gasteiger partial charge in [-0.25, -0.2) is 4.79 Å². The number of hydrogen-bond acceptors (Lipinski definition) is 4. The predicted octanol–water partition coefficient (Wildman–Crippen LogP) is -0.213. The molecule has 0 aliphatic carbocycles. The van der Waals surface area contributed by atoms with Gasteiger partial charge in [0, 0.05) is 0 Å². The van der Waals surface area contributed by atoms with E-state index in [0.29, 0.717) is 5.17 Å². The van der Waals surface area contributed by atoms with Crippen LogP contribution in [0.5, 0.6) is 0 Å². The van der Waals surface area contributed by atoms with E-state index in [0.717, 1.165) is 0 Å². The molecule has 1 aliphatic rings. The van der Waals surface area contributed by atoms with E-state index in [2.05, 4.69) is 4.74 Å². The Morgan fingerprint density at radius 1 is 2.00 bits per heavy atom. The fourth-order valence-electron chi connectivity index (χ4n) is 0.410. The van der Waals surface area contributed by atoms with Crippen LogP contribution in [0.4, 0.5) is 4.79 Å². The number of nitrogens with one attached hydrogen (secondary N) is 1. The number of hydroxylamine groups is 1. The lowest BCUT2D eigenvalue weighted by Gasteiger charge is -2.21. The van der Waals surface area contributed by atoms with E-state index in [1.54, 1.807) is 0 Å². The SMILES string of the molecule is CC1OC(=O)NN1[O-]. The molecule has 1 atom stereocenters. The molecule has 0 saturated carbocycles. The van der Waals surface area contributed by atoms with Crippen LogP contribution in [-0.4, -0.2) is 17.5 Å². The minimum atomic E-state index is -0.692. The highest BCUT2D eigenvalue weighted by atomic mass is 16.7. The molecule has 1 aliphatic heterocycles. The monoisotopic (exact) mass is 117 g/mol. The number of amides is 1. The van der Waals surface area contributed by atoms with Gasteiger partial charge in [-0.1, -0.05) is 0 Å². The van der Waals surface area contributed by atoms with Gasteiger partial charge in [-0.3, -0.25) is 10.6 Å². The number of rotatable bonds is 0. The lowest BCUT2D eigenvalue weighted by atomic mass is 10.7. The van der Waals surface area contributed by atoms with E-state index in [-0.39, 0.29) is 0 Å². The van der Waals surface area contributed by atoms with Crippen LogP contribution in [0.15, 0.2) is 0 Å². The minimum Gasteiger partial charge on any atom is -0.765 e. The molecule has 1 amide bonds. The molecule has 1 N–H and O–H groups in total. The Balaban J connectivity index is 2.51. The Morgan fingerprint density at radius 3 is 2.75 bits per heavy atom. The molecule has 8 heavy (non-hydrogen) atoms. The quantitative estimate of drug-likeness (QED) is 0.476. The molecule has 5 heteroatoms. The van der Waals surface area contributed by atoms with Gasteiger partial charge in [0.1, 0.15) is 0 Å². The van der Waals surface area contributed by atoms with E-state index in [1.807, 2.05) is 5.43 Å². The summed E-state index contributed by atoms with van der Waals surface area (Å²) < 4.78 is 4.34. The molecule has 1 rings (SSSR count). The second-order valence-electron chi connectivity index (χ2n) is 1.44. The average Bonchev–Trinajstić information content (AvgIpc) is 1.85. The first-order valence-corrected chi connectivity index (χ1v) is 2.14. The molecule has 5 nitrogen and oxygen atoms in total. The number of carbonyl (C=O) groups excluding carboxylic acids is 1. The Kier molecular flexibility index (Phi) is 1.07. The number of ether oxygens (including phenoxy) is 1. The van der Waals surface area contributed by atoms with Crippen molar-refractivity contribution in [3.63, 3.8) is 0 Å². The molecule has 1 fully saturated rings. The van der Waals surface area contributed by atoms with Crippen LogP contribution >= 0.6 is 0 Å². The summed E-state index contributed by atoms with van der Waals surface area (Å²) in [6.07, 6.45) is -1.38. The summed E-state index contributed by atoms with van der Waals surface area (Å²) >= 11 is 0. The van der Waals surface area contributed by atoms with Gasteiger partial charge in [0.05, 0.1) is 0 Å². The van der Waals surface area contributed by atoms with Crippen LogP contribution in [0, 0.1) is 5.21 Å². The number of hydrogen-bond donors (Lipinski definition) is 1. The second kappa shape index (κ2) is 1.61. The van der Waals surface area contributed by atoms with Gasteiger partial charge in [0.2, 0.25) is 0 Å². The first-order valence-electron chi connectivity index (χ1n) is 2.14. The van der Waals surface area contributed by atoms with Crippen molar-refractivity contribution < 1.29 is 9.53 Å². The van der Waals surface area contributed by atoms with Gasteiger partial charge < -0.3 is 9.94 Å². The molecule has 0 spiro atoms. The zero-order valence-electron chi connectivity index (χ0n) is 4.25. The standard InChI is InChI=1S/C3H5N2O3/c1-2-5(7)4-3(6)8-2/h2H,1H3,(H,4,6)/q-1. The third-order valence-corrected chi connectivity index (χ3v) is 0.809. The van der Waals surface area contributed by atoms with Gasteiger partial charge >= 0.3 is 6.09 Å². The van der Waals surface area contributed by atoms with Crippen molar-refractivity contribution in [3.05, 3.63) is 5.21 Å². The summed E-state index contributed by atoms with van der Waals surface area (Å²) in [4.78, 5) is 10.1. The molecule has 0 aromatic carbocycles. The van der Waals surface area contributed by atoms with Crippen molar-refractivity contribution in [2.45, 2.75) is 13.2 Å². The van der Waals surface area contributed by atoms with E-state index < -0.39 is 12.3 Å². The van der Waals surface area contributed by atoms with Crippen molar-refractivity contribution in [1.82, 2.24) is 10.6 Å². The molecule has 0 radical (unpaired) electrons. The van der Waals surface area contributed by atoms with Crippen LogP contribution < -0.4 is 5.43 Å². The van der Waals surface area contributed by atoms with Crippen LogP contribution in [0.3, 0.4) is 0 Å². The molecule has 0 bridgehead atoms. The summed E-state index contributed by atoms with van der Waals surface area (Å²) in [5, 5.41) is 10.6. The highest BCUT2D eigenvalue weighted by Crippen LogP contribution is 2.02. The van der Waals surface area contributed by atoms with E-state index in [1.165, 1.54) is 6.92 Å². The minimum absolute atomic E-state index is 0.350. The highest BCUT2D eigenvalue weighted by Gasteiger charge is 2.19. The van der Waals surface area contributed by atoms with E-state index >= 15 is 0 Å². The van der Waals surface area contributed by atoms with Crippen LogP contribution in [0.25, 0.3) is 0 Å². The lowest BCUT2D eigenvalue weighted by molar-refractivity contribution is 0.0944. The van der Waals surface area contributed by atoms with E-state index in [9.17, 15) is 10.0 Å². The van der Waals surface area contributed by atoms with Crippen molar-refractivity contribution in [2.75, 3.05) is 0 Å². The Labute approximate surface area is 45.8 Å². The topological polar surface area (TPSA) is 64.6 Å². The second-order valence-corrected chi connectivity index (χ2v) is 1.44. The first-order chi connectivity index (χ1) is 3.70. The molecule has 1 heterocycles. The third-order valence-electron chi connectivity index (χ3n) is 0.809. The zero-order valence-corrected chi connectivity index (χ0v) is 4.25. The van der Waals surface area contributed by atoms with E-state index in [4.69, 9.17) is 0 Å². The smallest absolute Gasteiger partial charge is 0.422 e. The highest BCUT2D eigenvalue weighted by molar-refractivity contribution is 5.68. The molecule has 0 aromatic rings. The molecule has 1 unspecified atom stereocenters. The maximum absolute atomic E-state index is 10.2. The fourth-order valence-corrected chi connectivity index (χ4v) is 0.410. The van der Waals surface area contributed by atoms with Crippen molar-refractivity contribution in [2.24, 2.45) is 0 Å². The number of carbonyl (C=O) groups is 1. The van der Waals surface area contributed by atoms with Gasteiger partial charge in [-0.05, 0) is 6.92 Å². The van der Waals surface area contributed by atoms with Gasteiger partial charge in [-0.2, -0.15) is 0 Å². The van der Waals surface area contributed by atoms with Gasteiger partial charge in [0.25, 0.3) is 0 Å². The molecular weight excluding hydrogens is 112 g/mol. The van der Waals surface area contributed by atoms with Crippen molar-refractivity contribution in [3.8, 4) is 0 Å². The zero-order chi connectivity index (χ0) is 6.15. The maximum atomic E-state index is 10.2.